The molecule has 0 bridgehead atoms. The lowest BCUT2D eigenvalue weighted by Gasteiger charge is -2.36. The number of H-pyrrole nitrogens is 1. The van der Waals surface area contributed by atoms with E-state index in [1.54, 1.807) is 6.07 Å². The van der Waals surface area contributed by atoms with Crippen molar-refractivity contribution in [1.82, 2.24) is 14.9 Å². The Labute approximate surface area is 107 Å². The topological polar surface area (TPSA) is 78.2 Å². The fourth-order valence-electron chi connectivity index (χ4n) is 2.21. The van der Waals surface area contributed by atoms with Crippen LogP contribution in [0.4, 0.5) is 5.82 Å². The first-order valence-electron chi connectivity index (χ1n) is 6.41. The summed E-state index contributed by atoms with van der Waals surface area (Å²) in [4.78, 5) is 22.5. The van der Waals surface area contributed by atoms with E-state index < -0.39 is 0 Å². The minimum Gasteiger partial charge on any atom is -0.354 e. The van der Waals surface area contributed by atoms with Crippen molar-refractivity contribution in [3.05, 3.63) is 22.7 Å². The zero-order valence-electron chi connectivity index (χ0n) is 10.8. The Bertz CT molecular complexity index is 424. The van der Waals surface area contributed by atoms with Crippen LogP contribution in [0.5, 0.6) is 0 Å². The van der Waals surface area contributed by atoms with Gasteiger partial charge in [0.25, 0.3) is 5.56 Å². The van der Waals surface area contributed by atoms with Gasteiger partial charge in [0, 0.05) is 38.8 Å². The predicted molar refractivity (Wildman–Crippen MR) is 71.7 cm³/mol. The van der Waals surface area contributed by atoms with Crippen molar-refractivity contribution < 1.29 is 0 Å². The molecule has 6 heteroatoms. The average Bonchev–Trinajstić information content (AvgIpc) is 2.39. The summed E-state index contributed by atoms with van der Waals surface area (Å²) in [7, 11) is 0. The van der Waals surface area contributed by atoms with Crippen molar-refractivity contribution in [2.75, 3.05) is 44.2 Å². The van der Waals surface area contributed by atoms with Crippen molar-refractivity contribution in [2.45, 2.75) is 6.92 Å². The summed E-state index contributed by atoms with van der Waals surface area (Å²) in [5.41, 5.74) is 5.54. The highest BCUT2D eigenvalue weighted by Crippen LogP contribution is 2.11. The third-order valence-electron chi connectivity index (χ3n) is 3.33. The van der Waals surface area contributed by atoms with Crippen molar-refractivity contribution in [3.8, 4) is 0 Å². The normalized spacial score (nSPS) is 18.9. The second-order valence-corrected chi connectivity index (χ2v) is 4.90. The summed E-state index contributed by atoms with van der Waals surface area (Å²) in [6, 6.07) is 1.55. The van der Waals surface area contributed by atoms with Gasteiger partial charge < -0.3 is 15.6 Å². The lowest BCUT2D eigenvalue weighted by atomic mass is 10.1. The first-order valence-corrected chi connectivity index (χ1v) is 6.41. The van der Waals surface area contributed by atoms with E-state index in [1.807, 2.05) is 0 Å². The van der Waals surface area contributed by atoms with Crippen LogP contribution >= 0.6 is 0 Å². The minimum atomic E-state index is -0.0980. The van der Waals surface area contributed by atoms with Crippen LogP contribution in [0.25, 0.3) is 0 Å². The second kappa shape index (κ2) is 5.97. The number of nitrogens with two attached hydrogens (primary N) is 1. The first-order chi connectivity index (χ1) is 8.69. The minimum absolute atomic E-state index is 0.0980. The van der Waals surface area contributed by atoms with E-state index in [0.29, 0.717) is 5.92 Å². The van der Waals surface area contributed by atoms with Gasteiger partial charge in [0.15, 0.2) is 0 Å². The number of piperazine rings is 1. The van der Waals surface area contributed by atoms with Gasteiger partial charge in [-0.25, -0.2) is 4.98 Å². The Morgan fingerprint density at radius 3 is 2.78 bits per heavy atom. The summed E-state index contributed by atoms with van der Waals surface area (Å²) in [5.74, 6) is 1.31. The van der Waals surface area contributed by atoms with E-state index in [-0.39, 0.29) is 5.56 Å². The average molecular weight is 251 g/mol. The number of anilines is 1. The highest BCUT2D eigenvalue weighted by Gasteiger charge is 2.19. The molecule has 1 unspecified atom stereocenters. The molecular weight excluding hydrogens is 230 g/mol. The van der Waals surface area contributed by atoms with Crippen molar-refractivity contribution >= 4 is 5.82 Å². The molecule has 0 amide bonds. The monoisotopic (exact) mass is 251 g/mol. The predicted octanol–water partition coefficient (Wildman–Crippen LogP) is -0.513. The molecule has 2 rings (SSSR count). The summed E-state index contributed by atoms with van der Waals surface area (Å²) >= 11 is 0. The van der Waals surface area contributed by atoms with Crippen LogP contribution in [0, 0.1) is 5.92 Å². The van der Waals surface area contributed by atoms with E-state index >= 15 is 0 Å². The SMILES string of the molecule is CC(CN)CN1CCN(c2cc(=O)[nH]cn2)CC1. The molecule has 1 saturated heterocycles. The van der Waals surface area contributed by atoms with Crippen LogP contribution in [0.15, 0.2) is 17.2 Å². The van der Waals surface area contributed by atoms with Crippen molar-refractivity contribution in [1.29, 1.82) is 0 Å². The van der Waals surface area contributed by atoms with Crippen molar-refractivity contribution in [3.63, 3.8) is 0 Å². The molecule has 18 heavy (non-hydrogen) atoms. The van der Waals surface area contributed by atoms with Crippen LogP contribution in [0.1, 0.15) is 6.92 Å². The van der Waals surface area contributed by atoms with Crippen LogP contribution < -0.4 is 16.2 Å². The number of nitrogens with one attached hydrogen (secondary N) is 1. The molecule has 6 nitrogen and oxygen atoms in total. The quantitative estimate of drug-likeness (QED) is 0.753. The van der Waals surface area contributed by atoms with Gasteiger partial charge in [-0.05, 0) is 12.5 Å². The van der Waals surface area contributed by atoms with Gasteiger partial charge in [0.2, 0.25) is 0 Å². The van der Waals surface area contributed by atoms with Crippen LogP contribution in [-0.4, -0.2) is 54.1 Å². The largest absolute Gasteiger partial charge is 0.354 e. The molecule has 0 spiro atoms. The summed E-state index contributed by atoms with van der Waals surface area (Å²) in [6.07, 6.45) is 1.46. The molecule has 3 N–H and O–H groups in total. The third-order valence-corrected chi connectivity index (χ3v) is 3.33. The molecule has 0 saturated carbocycles. The van der Waals surface area contributed by atoms with Gasteiger partial charge in [0.1, 0.15) is 5.82 Å². The molecule has 0 radical (unpaired) electrons. The molecule has 1 aromatic heterocycles. The van der Waals surface area contributed by atoms with Gasteiger partial charge in [-0.15, -0.1) is 0 Å². The molecule has 100 valence electrons. The Kier molecular flexibility index (Phi) is 4.33. The molecule has 1 aromatic rings. The molecular formula is C12H21N5O. The number of hydrogen-bond donors (Lipinski definition) is 2. The number of aromatic nitrogens is 2. The zero-order chi connectivity index (χ0) is 13.0. The molecule has 1 atom stereocenters. The van der Waals surface area contributed by atoms with E-state index in [0.717, 1.165) is 45.1 Å². The van der Waals surface area contributed by atoms with E-state index in [1.165, 1.54) is 6.33 Å². The molecule has 1 aliphatic rings. The molecule has 0 aromatic carbocycles. The summed E-state index contributed by atoms with van der Waals surface area (Å²) in [5, 5.41) is 0. The fraction of sp³-hybridized carbons (Fsp3) is 0.667. The van der Waals surface area contributed by atoms with Crippen molar-refractivity contribution in [2.24, 2.45) is 11.7 Å². The van der Waals surface area contributed by atoms with E-state index in [4.69, 9.17) is 5.73 Å². The number of hydrogen-bond acceptors (Lipinski definition) is 5. The van der Waals surface area contributed by atoms with Gasteiger partial charge in [-0.2, -0.15) is 0 Å². The van der Waals surface area contributed by atoms with Gasteiger partial charge >= 0.3 is 0 Å². The summed E-state index contributed by atoms with van der Waals surface area (Å²) < 4.78 is 0. The second-order valence-electron chi connectivity index (χ2n) is 4.90. The Hall–Kier alpha value is -1.40. The standard InChI is InChI=1S/C12H21N5O/c1-10(7-13)8-16-2-4-17(5-3-16)11-6-12(18)15-9-14-11/h6,9-10H,2-5,7-8,13H2,1H3,(H,14,15,18). The van der Waals surface area contributed by atoms with Crippen LogP contribution in [-0.2, 0) is 0 Å². The third kappa shape index (κ3) is 3.30. The maximum Gasteiger partial charge on any atom is 0.252 e. The first kappa shape index (κ1) is 13.0. The maximum atomic E-state index is 11.2. The Morgan fingerprint density at radius 1 is 1.44 bits per heavy atom. The smallest absolute Gasteiger partial charge is 0.252 e. The Morgan fingerprint density at radius 2 is 2.17 bits per heavy atom. The lowest BCUT2D eigenvalue weighted by Crippen LogP contribution is -2.48. The highest BCUT2D eigenvalue weighted by atomic mass is 16.1. The Balaban J connectivity index is 1.88. The molecule has 2 heterocycles. The number of aromatic amines is 1. The highest BCUT2D eigenvalue weighted by molar-refractivity contribution is 5.36. The molecule has 1 aliphatic heterocycles. The maximum absolute atomic E-state index is 11.2. The lowest BCUT2D eigenvalue weighted by molar-refractivity contribution is 0.226. The van der Waals surface area contributed by atoms with E-state index in [2.05, 4.69) is 26.7 Å². The molecule has 0 aliphatic carbocycles. The van der Waals surface area contributed by atoms with Gasteiger partial charge in [-0.1, -0.05) is 6.92 Å². The zero-order valence-corrected chi connectivity index (χ0v) is 10.8. The van der Waals surface area contributed by atoms with E-state index in [9.17, 15) is 4.79 Å². The van der Waals surface area contributed by atoms with Gasteiger partial charge in [0.05, 0.1) is 6.33 Å². The molecule has 1 fully saturated rings. The number of rotatable bonds is 4. The van der Waals surface area contributed by atoms with Crippen LogP contribution in [0.3, 0.4) is 0 Å². The summed E-state index contributed by atoms with van der Waals surface area (Å²) in [6.45, 7) is 7.77. The number of nitrogens with zero attached hydrogens (tertiary/aromatic N) is 3. The fourth-order valence-corrected chi connectivity index (χ4v) is 2.21. The van der Waals surface area contributed by atoms with Gasteiger partial charge in [-0.3, -0.25) is 9.69 Å². The van der Waals surface area contributed by atoms with Crippen LogP contribution in [0.2, 0.25) is 0 Å².